The number of carbonyl (C=O) groups is 1. The SMILES string of the molecule is CC(C)NC(=O)N[C@H](CNc1ccccn1)C(C)(C)C. The first kappa shape index (κ1) is 16.3. The first-order valence-electron chi connectivity index (χ1n) is 7.01. The predicted molar refractivity (Wildman–Crippen MR) is 82.8 cm³/mol. The normalized spacial score (nSPS) is 12.9. The molecule has 112 valence electrons. The molecule has 1 heterocycles. The van der Waals surface area contributed by atoms with Crippen LogP contribution in [0.2, 0.25) is 0 Å². The van der Waals surface area contributed by atoms with Crippen molar-refractivity contribution < 1.29 is 4.79 Å². The highest BCUT2D eigenvalue weighted by molar-refractivity contribution is 5.74. The maximum atomic E-state index is 11.9. The van der Waals surface area contributed by atoms with Gasteiger partial charge in [-0.15, -0.1) is 0 Å². The zero-order valence-electron chi connectivity index (χ0n) is 13.0. The van der Waals surface area contributed by atoms with Crippen molar-refractivity contribution in [2.75, 3.05) is 11.9 Å². The molecule has 3 N–H and O–H groups in total. The third-order valence-corrected chi connectivity index (χ3v) is 2.92. The fourth-order valence-electron chi connectivity index (χ4n) is 1.71. The van der Waals surface area contributed by atoms with E-state index in [4.69, 9.17) is 0 Å². The van der Waals surface area contributed by atoms with Gasteiger partial charge in [0, 0.05) is 18.8 Å². The Morgan fingerprint density at radius 1 is 1.25 bits per heavy atom. The van der Waals surface area contributed by atoms with Gasteiger partial charge in [-0.3, -0.25) is 0 Å². The molecular formula is C15H26N4O. The highest BCUT2D eigenvalue weighted by atomic mass is 16.2. The maximum absolute atomic E-state index is 11.9. The van der Waals surface area contributed by atoms with E-state index in [1.165, 1.54) is 0 Å². The van der Waals surface area contributed by atoms with Crippen LogP contribution >= 0.6 is 0 Å². The van der Waals surface area contributed by atoms with E-state index < -0.39 is 0 Å². The molecule has 1 atom stereocenters. The van der Waals surface area contributed by atoms with Crippen LogP contribution in [0.5, 0.6) is 0 Å². The number of pyridine rings is 1. The lowest BCUT2D eigenvalue weighted by atomic mass is 9.86. The first-order chi connectivity index (χ1) is 9.29. The van der Waals surface area contributed by atoms with Gasteiger partial charge in [-0.1, -0.05) is 26.8 Å². The summed E-state index contributed by atoms with van der Waals surface area (Å²) in [6.07, 6.45) is 1.74. The van der Waals surface area contributed by atoms with Gasteiger partial charge in [0.25, 0.3) is 0 Å². The summed E-state index contributed by atoms with van der Waals surface area (Å²) in [4.78, 5) is 16.1. The van der Waals surface area contributed by atoms with E-state index >= 15 is 0 Å². The Labute approximate surface area is 121 Å². The zero-order chi connectivity index (χ0) is 15.2. The summed E-state index contributed by atoms with van der Waals surface area (Å²) in [5.74, 6) is 0.813. The largest absolute Gasteiger partial charge is 0.368 e. The van der Waals surface area contributed by atoms with Gasteiger partial charge in [-0.2, -0.15) is 0 Å². The van der Waals surface area contributed by atoms with Gasteiger partial charge in [-0.25, -0.2) is 9.78 Å². The lowest BCUT2D eigenvalue weighted by Crippen LogP contribution is -2.52. The standard InChI is InChI=1S/C15H26N4O/c1-11(2)18-14(20)19-12(15(3,4)5)10-17-13-8-6-7-9-16-13/h6-9,11-12H,10H2,1-5H3,(H,16,17)(H2,18,19,20)/t12-/m1/s1. The molecule has 1 aromatic heterocycles. The van der Waals surface area contributed by atoms with E-state index in [-0.39, 0.29) is 23.5 Å². The molecule has 5 heteroatoms. The van der Waals surface area contributed by atoms with Gasteiger partial charge < -0.3 is 16.0 Å². The molecule has 0 fully saturated rings. The van der Waals surface area contributed by atoms with E-state index in [0.717, 1.165) is 5.82 Å². The van der Waals surface area contributed by atoms with Crippen molar-refractivity contribution in [2.24, 2.45) is 5.41 Å². The fourth-order valence-corrected chi connectivity index (χ4v) is 1.71. The van der Waals surface area contributed by atoms with Crippen LogP contribution in [0.1, 0.15) is 34.6 Å². The number of nitrogens with zero attached hydrogens (tertiary/aromatic N) is 1. The molecule has 0 unspecified atom stereocenters. The number of nitrogens with one attached hydrogen (secondary N) is 3. The minimum atomic E-state index is -0.136. The van der Waals surface area contributed by atoms with Gasteiger partial charge in [-0.05, 0) is 31.4 Å². The van der Waals surface area contributed by atoms with Crippen LogP contribution in [0.3, 0.4) is 0 Å². The topological polar surface area (TPSA) is 66.1 Å². The molecule has 0 spiro atoms. The minimum Gasteiger partial charge on any atom is -0.368 e. The Hall–Kier alpha value is -1.78. The molecule has 0 saturated carbocycles. The van der Waals surface area contributed by atoms with Crippen LogP contribution in [0.25, 0.3) is 0 Å². The lowest BCUT2D eigenvalue weighted by Gasteiger charge is -2.32. The number of carbonyl (C=O) groups excluding carboxylic acids is 1. The molecule has 2 amide bonds. The second-order valence-electron chi connectivity index (χ2n) is 6.29. The minimum absolute atomic E-state index is 0.00301. The molecule has 0 bridgehead atoms. The number of urea groups is 1. The maximum Gasteiger partial charge on any atom is 0.315 e. The van der Waals surface area contributed by atoms with Crippen LogP contribution in [-0.4, -0.2) is 29.6 Å². The first-order valence-corrected chi connectivity index (χ1v) is 7.01. The van der Waals surface area contributed by atoms with Gasteiger partial charge in [0.1, 0.15) is 5.82 Å². The monoisotopic (exact) mass is 278 g/mol. The molecule has 5 nitrogen and oxygen atoms in total. The Morgan fingerprint density at radius 3 is 2.45 bits per heavy atom. The van der Waals surface area contributed by atoms with Crippen molar-refractivity contribution in [3.05, 3.63) is 24.4 Å². The predicted octanol–water partition coefficient (Wildman–Crippen LogP) is 2.62. The Bertz CT molecular complexity index is 412. The van der Waals surface area contributed by atoms with Crippen LogP contribution in [0.15, 0.2) is 24.4 Å². The molecule has 0 aliphatic carbocycles. The summed E-state index contributed by atoms with van der Waals surface area (Å²) in [7, 11) is 0. The summed E-state index contributed by atoms with van der Waals surface area (Å²) in [6, 6.07) is 5.71. The number of anilines is 1. The molecule has 1 rings (SSSR count). The zero-order valence-corrected chi connectivity index (χ0v) is 13.0. The number of rotatable bonds is 5. The second-order valence-corrected chi connectivity index (χ2v) is 6.29. The van der Waals surface area contributed by atoms with E-state index in [9.17, 15) is 4.79 Å². The highest BCUT2D eigenvalue weighted by Crippen LogP contribution is 2.19. The van der Waals surface area contributed by atoms with Crippen molar-refractivity contribution in [1.29, 1.82) is 0 Å². The molecular weight excluding hydrogens is 252 g/mol. The molecule has 0 aliphatic rings. The third kappa shape index (κ3) is 5.91. The molecule has 20 heavy (non-hydrogen) atoms. The molecule has 1 aromatic rings. The highest BCUT2D eigenvalue weighted by Gasteiger charge is 2.26. The molecule has 0 aromatic carbocycles. The molecule has 0 radical (unpaired) electrons. The second kappa shape index (κ2) is 7.12. The van der Waals surface area contributed by atoms with Gasteiger partial charge in [0.05, 0.1) is 6.04 Å². The van der Waals surface area contributed by atoms with Gasteiger partial charge in [0.2, 0.25) is 0 Å². The number of hydrogen-bond donors (Lipinski definition) is 3. The summed E-state index contributed by atoms with van der Waals surface area (Å²) in [5, 5.41) is 9.12. The lowest BCUT2D eigenvalue weighted by molar-refractivity contribution is 0.218. The van der Waals surface area contributed by atoms with Crippen molar-refractivity contribution in [2.45, 2.75) is 46.7 Å². The average molecular weight is 278 g/mol. The van der Waals surface area contributed by atoms with E-state index in [1.54, 1.807) is 6.20 Å². The van der Waals surface area contributed by atoms with Crippen LogP contribution in [0, 0.1) is 5.41 Å². The molecule has 0 saturated heterocycles. The Morgan fingerprint density at radius 2 is 1.95 bits per heavy atom. The Kier molecular flexibility index (Phi) is 5.80. The smallest absolute Gasteiger partial charge is 0.315 e. The van der Waals surface area contributed by atoms with E-state index in [1.807, 2.05) is 32.0 Å². The van der Waals surface area contributed by atoms with E-state index in [0.29, 0.717) is 6.54 Å². The summed E-state index contributed by atoms with van der Waals surface area (Å²) in [6.45, 7) is 10.8. The van der Waals surface area contributed by atoms with Crippen LogP contribution in [0.4, 0.5) is 10.6 Å². The Balaban J connectivity index is 2.59. The van der Waals surface area contributed by atoms with E-state index in [2.05, 4.69) is 41.7 Å². The summed E-state index contributed by atoms with van der Waals surface area (Å²) < 4.78 is 0. The number of amides is 2. The van der Waals surface area contributed by atoms with Crippen molar-refractivity contribution in [3.63, 3.8) is 0 Å². The number of aromatic nitrogens is 1. The fraction of sp³-hybridized carbons (Fsp3) is 0.600. The quantitative estimate of drug-likeness (QED) is 0.775. The third-order valence-electron chi connectivity index (χ3n) is 2.92. The number of hydrogen-bond acceptors (Lipinski definition) is 3. The van der Waals surface area contributed by atoms with Gasteiger partial charge in [0.15, 0.2) is 0 Å². The van der Waals surface area contributed by atoms with Gasteiger partial charge >= 0.3 is 6.03 Å². The van der Waals surface area contributed by atoms with Crippen molar-refractivity contribution in [3.8, 4) is 0 Å². The van der Waals surface area contributed by atoms with Crippen LogP contribution in [-0.2, 0) is 0 Å². The van der Waals surface area contributed by atoms with Crippen LogP contribution < -0.4 is 16.0 Å². The van der Waals surface area contributed by atoms with Crippen molar-refractivity contribution >= 4 is 11.8 Å². The van der Waals surface area contributed by atoms with Crippen molar-refractivity contribution in [1.82, 2.24) is 15.6 Å². The molecule has 0 aliphatic heterocycles. The summed E-state index contributed by atoms with van der Waals surface area (Å²) >= 11 is 0. The average Bonchev–Trinajstić information content (AvgIpc) is 2.33. The summed E-state index contributed by atoms with van der Waals surface area (Å²) in [5.41, 5.74) is -0.0455.